The van der Waals surface area contributed by atoms with Gasteiger partial charge in [-0.25, -0.2) is 15.0 Å². The molecule has 5 rings (SSSR count). The second kappa shape index (κ2) is 6.50. The van der Waals surface area contributed by atoms with Crippen LogP contribution in [0.15, 0.2) is 70.7 Å². The first-order valence-electron chi connectivity index (χ1n) is 8.61. The molecule has 0 aliphatic heterocycles. The third-order valence-electron chi connectivity index (χ3n) is 4.38. The van der Waals surface area contributed by atoms with E-state index in [9.17, 15) is 4.79 Å². The van der Waals surface area contributed by atoms with Gasteiger partial charge in [0.15, 0.2) is 11.3 Å². The molecule has 0 fully saturated rings. The average Bonchev–Trinajstić information content (AvgIpc) is 3.33. The molecular formula is C20H14N6OS. The molecule has 0 radical (unpaired) electrons. The summed E-state index contributed by atoms with van der Waals surface area (Å²) >= 11 is 1.57. The van der Waals surface area contributed by atoms with Crippen LogP contribution in [0.25, 0.3) is 33.2 Å². The van der Waals surface area contributed by atoms with E-state index in [0.29, 0.717) is 28.7 Å². The summed E-state index contributed by atoms with van der Waals surface area (Å²) < 4.78 is 3.09. The Labute approximate surface area is 162 Å². The summed E-state index contributed by atoms with van der Waals surface area (Å²) in [5.74, 6) is 0. The van der Waals surface area contributed by atoms with Crippen molar-refractivity contribution in [2.75, 3.05) is 0 Å². The normalized spacial score (nSPS) is 11.9. The summed E-state index contributed by atoms with van der Waals surface area (Å²) in [4.78, 5) is 27.9. The van der Waals surface area contributed by atoms with Gasteiger partial charge in [-0.05, 0) is 23.6 Å². The van der Waals surface area contributed by atoms with Crippen molar-refractivity contribution in [1.82, 2.24) is 24.2 Å². The Morgan fingerprint density at radius 3 is 2.68 bits per heavy atom. The molecule has 7 nitrogen and oxygen atoms in total. The first-order valence-corrected chi connectivity index (χ1v) is 9.49. The smallest absolute Gasteiger partial charge is 0.265 e. The highest BCUT2D eigenvalue weighted by Crippen LogP contribution is 2.24. The number of rotatable bonds is 4. The molecule has 0 atom stereocenters. The van der Waals surface area contributed by atoms with E-state index in [-0.39, 0.29) is 5.56 Å². The maximum Gasteiger partial charge on any atom is 0.265 e. The highest BCUT2D eigenvalue weighted by Gasteiger charge is 2.19. The van der Waals surface area contributed by atoms with Gasteiger partial charge in [0.25, 0.3) is 5.56 Å². The Kier molecular flexibility index (Phi) is 3.84. The molecule has 0 saturated carbocycles. The van der Waals surface area contributed by atoms with Gasteiger partial charge < -0.3 is 0 Å². The van der Waals surface area contributed by atoms with E-state index in [4.69, 9.17) is 9.97 Å². The van der Waals surface area contributed by atoms with Crippen molar-refractivity contribution in [2.45, 2.75) is 6.54 Å². The number of para-hydroxylation sites is 2. The number of nitrogens with zero attached hydrogens (tertiary/aromatic N) is 6. The SMILES string of the molecule is C=CCn1cnc2c(c1=O)c1nc3ccccc3nc1n2N=Cc1cccs1. The largest absolute Gasteiger partial charge is 0.295 e. The molecule has 0 saturated heterocycles. The van der Waals surface area contributed by atoms with Crippen LogP contribution in [0, 0.1) is 0 Å². The maximum atomic E-state index is 13.1. The summed E-state index contributed by atoms with van der Waals surface area (Å²) in [7, 11) is 0. The Morgan fingerprint density at radius 2 is 1.93 bits per heavy atom. The second-order valence-corrected chi connectivity index (χ2v) is 7.12. The first-order chi connectivity index (χ1) is 13.8. The maximum absolute atomic E-state index is 13.1. The molecule has 0 aliphatic rings. The fraction of sp³-hybridized carbons (Fsp3) is 0.0500. The summed E-state index contributed by atoms with van der Waals surface area (Å²) in [6.07, 6.45) is 4.89. The van der Waals surface area contributed by atoms with Crippen LogP contribution in [0.2, 0.25) is 0 Å². The molecule has 0 N–H and O–H groups in total. The van der Waals surface area contributed by atoms with Crippen molar-refractivity contribution in [3.8, 4) is 0 Å². The van der Waals surface area contributed by atoms with Crippen molar-refractivity contribution in [3.05, 3.63) is 76.0 Å². The molecular weight excluding hydrogens is 372 g/mol. The minimum atomic E-state index is -0.190. The van der Waals surface area contributed by atoms with E-state index in [1.165, 1.54) is 10.9 Å². The average molecular weight is 386 g/mol. The second-order valence-electron chi connectivity index (χ2n) is 6.15. The minimum Gasteiger partial charge on any atom is -0.295 e. The molecule has 0 spiro atoms. The van der Waals surface area contributed by atoms with Crippen LogP contribution in [0.4, 0.5) is 0 Å². The quantitative estimate of drug-likeness (QED) is 0.350. The van der Waals surface area contributed by atoms with Gasteiger partial charge in [-0.1, -0.05) is 24.3 Å². The highest BCUT2D eigenvalue weighted by atomic mass is 32.1. The van der Waals surface area contributed by atoms with E-state index in [0.717, 1.165) is 15.9 Å². The van der Waals surface area contributed by atoms with Gasteiger partial charge in [0.2, 0.25) is 0 Å². The Balaban J connectivity index is 1.90. The van der Waals surface area contributed by atoms with Crippen molar-refractivity contribution in [3.63, 3.8) is 0 Å². The number of fused-ring (bicyclic) bond motifs is 4. The van der Waals surface area contributed by atoms with Crippen LogP contribution in [-0.2, 0) is 6.54 Å². The van der Waals surface area contributed by atoms with Crippen LogP contribution in [0.5, 0.6) is 0 Å². The van der Waals surface area contributed by atoms with Crippen molar-refractivity contribution >= 4 is 50.8 Å². The molecule has 8 heteroatoms. The first kappa shape index (κ1) is 16.5. The Bertz CT molecular complexity index is 1430. The number of thiophene rings is 1. The molecule has 0 amide bonds. The Hall–Kier alpha value is -3.65. The van der Waals surface area contributed by atoms with Gasteiger partial charge in [-0.2, -0.15) is 9.78 Å². The molecule has 0 unspecified atom stereocenters. The number of aromatic nitrogens is 5. The zero-order valence-corrected chi connectivity index (χ0v) is 15.5. The fourth-order valence-electron chi connectivity index (χ4n) is 3.11. The standard InChI is InChI=1S/C20H14N6OS/c1-2-9-25-12-21-18-16(20(25)27)17-19(24-15-8-4-3-7-14(15)23-17)26(18)22-11-13-6-5-10-28-13/h2-8,10-12H,1,9H2. The summed E-state index contributed by atoms with van der Waals surface area (Å²) in [5, 5.41) is 6.94. The molecule has 4 heterocycles. The van der Waals surface area contributed by atoms with Gasteiger partial charge in [-0.15, -0.1) is 17.9 Å². The lowest BCUT2D eigenvalue weighted by Gasteiger charge is -2.01. The van der Waals surface area contributed by atoms with E-state index in [1.807, 2.05) is 41.8 Å². The lowest BCUT2D eigenvalue weighted by molar-refractivity contribution is 0.763. The number of allylic oxidation sites excluding steroid dienone is 1. The van der Waals surface area contributed by atoms with Crippen LogP contribution >= 0.6 is 11.3 Å². The predicted molar refractivity (Wildman–Crippen MR) is 112 cm³/mol. The van der Waals surface area contributed by atoms with E-state index < -0.39 is 0 Å². The lowest BCUT2D eigenvalue weighted by Crippen LogP contribution is -2.19. The van der Waals surface area contributed by atoms with Gasteiger partial charge in [-0.3, -0.25) is 9.36 Å². The fourth-order valence-corrected chi connectivity index (χ4v) is 3.69. The van der Waals surface area contributed by atoms with Gasteiger partial charge in [0, 0.05) is 11.4 Å². The van der Waals surface area contributed by atoms with Crippen molar-refractivity contribution in [2.24, 2.45) is 5.10 Å². The van der Waals surface area contributed by atoms with E-state index >= 15 is 0 Å². The van der Waals surface area contributed by atoms with Crippen molar-refractivity contribution < 1.29 is 0 Å². The topological polar surface area (TPSA) is 78.0 Å². The molecule has 28 heavy (non-hydrogen) atoms. The molecule has 5 aromatic rings. The minimum absolute atomic E-state index is 0.190. The van der Waals surface area contributed by atoms with Crippen molar-refractivity contribution in [1.29, 1.82) is 0 Å². The third kappa shape index (κ3) is 2.54. The third-order valence-corrected chi connectivity index (χ3v) is 5.18. The zero-order valence-electron chi connectivity index (χ0n) is 14.7. The summed E-state index contributed by atoms with van der Waals surface area (Å²) in [5.41, 5.74) is 2.69. The number of benzene rings is 1. The van der Waals surface area contributed by atoms with Crippen LogP contribution in [0.3, 0.4) is 0 Å². The van der Waals surface area contributed by atoms with Gasteiger partial charge >= 0.3 is 0 Å². The van der Waals surface area contributed by atoms with E-state index in [1.54, 1.807) is 28.3 Å². The van der Waals surface area contributed by atoms with Crippen LogP contribution in [-0.4, -0.2) is 30.4 Å². The molecule has 1 aromatic carbocycles. The number of hydrogen-bond acceptors (Lipinski definition) is 6. The van der Waals surface area contributed by atoms with Gasteiger partial charge in [0.05, 0.1) is 17.2 Å². The molecule has 0 aliphatic carbocycles. The highest BCUT2D eigenvalue weighted by molar-refractivity contribution is 7.11. The summed E-state index contributed by atoms with van der Waals surface area (Å²) in [6, 6.07) is 11.5. The Morgan fingerprint density at radius 1 is 1.11 bits per heavy atom. The molecule has 4 aromatic heterocycles. The number of hydrogen-bond donors (Lipinski definition) is 0. The van der Waals surface area contributed by atoms with Gasteiger partial charge in [0.1, 0.15) is 17.2 Å². The van der Waals surface area contributed by atoms with Crippen LogP contribution < -0.4 is 5.56 Å². The van der Waals surface area contributed by atoms with Crippen LogP contribution in [0.1, 0.15) is 4.88 Å². The van der Waals surface area contributed by atoms with E-state index in [2.05, 4.69) is 16.7 Å². The predicted octanol–water partition coefficient (Wildman–Crippen LogP) is 3.42. The molecule has 0 bridgehead atoms. The zero-order chi connectivity index (χ0) is 19.1. The lowest BCUT2D eigenvalue weighted by atomic mass is 10.3. The summed E-state index contributed by atoms with van der Waals surface area (Å²) in [6.45, 7) is 4.07. The monoisotopic (exact) mass is 386 g/mol. The molecule has 136 valence electrons.